The first kappa shape index (κ1) is 81.5. The molecule has 0 radical (unpaired) electrons. The molecule has 8 aromatic carbocycles. The molecule has 2 atom stereocenters. The van der Waals surface area contributed by atoms with Crippen LogP contribution < -0.4 is 31.8 Å². The molecule has 4 heterocycles. The Labute approximate surface area is 642 Å². The van der Waals surface area contributed by atoms with Gasteiger partial charge in [0.1, 0.15) is 0 Å². The molecule has 2 saturated heterocycles. The molecule has 106 heavy (non-hydrogen) atoms. The standard InChI is InChI=1S/C23H23F2N3O4.2C18H15P.C16H15BrF2N2O2.C7H9NO2.2ClH.Pd/c1-3-32-20(29)19-18-17(8-5-10-23(18,24)25)28(26-19)16-7-4-6-15(14-16)9-11-22(31)12-13-27(2)21(22)30;2*1-4-10-16(11-5-1)19(17-12-6-2-7-13-17)18-14-8-3-9-15-18;1-2-23-15(22)14-13-12(7-4-8-16(13,18)19)21(20-14)11-6-3-5-10(17)9-11;1-3-7(10)4-5-8(2)6(7)9;;;/h4,6-7,14,31H,3,5,8,10,12-13H2,1-2H3;2*1-15H;3,5-6,9H,2,4,7-8H2,1H3;1,10H,4-5H2,2H3;2*1H;/q;;;;;;;+2/p-2/t22-;;;;7-;;;/m0...0.../s1. The minimum absolute atomic E-state index is 0.0495. The summed E-state index contributed by atoms with van der Waals surface area (Å²) >= 11 is 3.25. The van der Waals surface area contributed by atoms with Crippen LogP contribution in [0.15, 0.2) is 235 Å². The second-order valence-corrected chi connectivity index (χ2v) is 32.3. The van der Waals surface area contributed by atoms with E-state index in [9.17, 15) is 47.0 Å². The van der Waals surface area contributed by atoms with Gasteiger partial charge in [0, 0.05) is 62.9 Å². The zero-order chi connectivity index (χ0) is 76.0. The van der Waals surface area contributed by atoms with E-state index in [-0.39, 0.29) is 89.0 Å². The summed E-state index contributed by atoms with van der Waals surface area (Å²) in [6.07, 6.45) is 6.29. The number of likely N-dealkylation sites (tertiary alicyclic amines) is 2. The van der Waals surface area contributed by atoms with Crippen molar-refractivity contribution in [2.24, 2.45) is 0 Å². The first-order valence-corrected chi connectivity index (χ1v) is 41.4. The van der Waals surface area contributed by atoms with Crippen LogP contribution in [-0.4, -0.2) is 115 Å². The van der Waals surface area contributed by atoms with Gasteiger partial charge in [0.15, 0.2) is 11.4 Å². The van der Waals surface area contributed by atoms with Crippen molar-refractivity contribution in [3.05, 3.63) is 274 Å². The van der Waals surface area contributed by atoms with E-state index in [0.717, 1.165) is 4.47 Å². The van der Waals surface area contributed by atoms with E-state index < -0.39 is 56.7 Å². The van der Waals surface area contributed by atoms with E-state index in [1.165, 1.54) is 51.0 Å². The summed E-state index contributed by atoms with van der Waals surface area (Å²) in [6.45, 7) is 4.35. The van der Waals surface area contributed by atoms with Gasteiger partial charge in [-0.3, -0.25) is 9.59 Å². The molecule has 24 heteroatoms. The number of aliphatic hydroxyl groups is 2. The predicted octanol–water partition coefficient (Wildman–Crippen LogP) is 14.1. The third-order valence-electron chi connectivity index (χ3n) is 17.3. The smallest absolute Gasteiger partial charge is 0.0134 e. The number of rotatable bonds is 12. The topological polar surface area (TPSA) is 169 Å². The van der Waals surface area contributed by atoms with E-state index in [2.05, 4.69) is 226 Å². The summed E-state index contributed by atoms with van der Waals surface area (Å²) in [5, 5.41) is 36.5. The van der Waals surface area contributed by atoms with E-state index in [4.69, 9.17) is 35.0 Å². The quantitative estimate of drug-likeness (QED) is 0.0395. The Kier molecular flexibility index (Phi) is 29.4. The molecule has 2 aromatic heterocycles. The number of carbonyl (C=O) groups excluding carboxylic acids is 4. The van der Waals surface area contributed by atoms with Crippen LogP contribution in [0.1, 0.15) is 101 Å². The van der Waals surface area contributed by atoms with Crippen molar-refractivity contribution < 1.29 is 72.4 Å². The summed E-state index contributed by atoms with van der Waals surface area (Å²) in [5.74, 6) is -1.23. The Morgan fingerprint density at radius 3 is 1.16 bits per heavy atom. The third-order valence-corrected chi connectivity index (χ3v) is 22.7. The molecular weight excluding hydrogens is 1590 g/mol. The summed E-state index contributed by atoms with van der Waals surface area (Å²) in [5.41, 5.74) is -2.40. The Morgan fingerprint density at radius 2 is 0.858 bits per heavy atom. The van der Waals surface area contributed by atoms with Crippen LogP contribution in [0, 0.1) is 24.2 Å². The van der Waals surface area contributed by atoms with E-state index in [1.54, 1.807) is 70.4 Å². The second-order valence-electron chi connectivity index (χ2n) is 24.5. The molecule has 2 aliphatic carbocycles. The molecule has 14 nitrogen and oxygen atoms in total. The number of alkyl halides is 4. The maximum atomic E-state index is 14.7. The van der Waals surface area contributed by atoms with Gasteiger partial charge in [-0.2, -0.15) is 10.2 Å². The Hall–Kier alpha value is -8.60. The molecule has 14 rings (SSSR count). The van der Waals surface area contributed by atoms with E-state index in [1.807, 2.05) is 6.07 Å². The van der Waals surface area contributed by atoms with Gasteiger partial charge >= 0.3 is 46.9 Å². The number of likely N-dealkylation sites (N-methyl/N-ethyl adjacent to an activating group) is 2. The zero-order valence-corrected chi connectivity index (χ0v) is 64.8. The number of terminal acetylenes is 1. The fraction of sp³-hybridized carbons (Fsp3) is 0.244. The van der Waals surface area contributed by atoms with Crippen molar-refractivity contribution in [2.75, 3.05) is 40.4 Å². The first-order valence-electron chi connectivity index (χ1n) is 33.9. The van der Waals surface area contributed by atoms with Gasteiger partial charge in [0.2, 0.25) is 11.2 Å². The van der Waals surface area contributed by atoms with Crippen molar-refractivity contribution in [3.63, 3.8) is 0 Å². The van der Waals surface area contributed by atoms with Crippen LogP contribution in [0.25, 0.3) is 11.4 Å². The van der Waals surface area contributed by atoms with E-state index in [0.29, 0.717) is 61.4 Å². The number of halogens is 7. The Morgan fingerprint density at radius 1 is 0.528 bits per heavy atom. The fourth-order valence-electron chi connectivity index (χ4n) is 12.3. The number of hydrogen-bond acceptors (Lipinski definition) is 10. The average Bonchev–Trinajstić information content (AvgIpc) is 1.61. The van der Waals surface area contributed by atoms with Crippen LogP contribution in [0.2, 0.25) is 0 Å². The molecule has 10 aromatic rings. The molecule has 0 unspecified atom stereocenters. The number of carbonyl (C=O) groups is 4. The monoisotopic (exact) mass is 1670 g/mol. The zero-order valence-electron chi connectivity index (χ0n) is 58.4. The number of nitrogens with zero attached hydrogens (tertiary/aromatic N) is 6. The molecule has 2 aliphatic heterocycles. The summed E-state index contributed by atoms with van der Waals surface area (Å²) in [4.78, 5) is 50.4. The molecule has 2 amide bonds. The molecule has 4 aliphatic rings. The van der Waals surface area contributed by atoms with E-state index >= 15 is 0 Å². The maximum absolute atomic E-state index is 14.7. The van der Waals surface area contributed by atoms with Crippen molar-refractivity contribution >= 4 is 106 Å². The SMILES string of the molecule is C#C[C@]1(O)CCN(C)C1=O.CCOC(=O)c1nn(-c2cccc(Br)c2)c2c1C(F)(F)CCC2.CCOC(=O)c1nn(-c2cccc(C#C[C@]3(O)CCN(C)C3=O)c2)c2c1C(F)(F)CCC2.[Cl][Pd][Cl].c1ccc(P(c2ccccc2)c2ccccc2)cc1.c1ccc(P(c2ccccc2)c2ccccc2)cc1. The molecule has 0 bridgehead atoms. The molecule has 0 spiro atoms. The normalized spacial score (nSPS) is 17.1. The van der Waals surface area contributed by atoms with Crippen LogP contribution in [0.4, 0.5) is 17.6 Å². The Balaban J connectivity index is 0.000000157. The fourth-order valence-corrected chi connectivity index (χ4v) is 17.3. The predicted molar refractivity (Wildman–Crippen MR) is 413 cm³/mol. The van der Waals surface area contributed by atoms with Crippen LogP contribution >= 0.6 is 50.8 Å². The van der Waals surface area contributed by atoms with Crippen molar-refractivity contribution in [1.29, 1.82) is 0 Å². The number of esters is 2. The minimum atomic E-state index is -3.18. The van der Waals surface area contributed by atoms with Gasteiger partial charge in [-0.1, -0.05) is 228 Å². The largest absolute Gasteiger partial charge is 0.0622 e. The number of hydrogen-bond donors (Lipinski definition) is 2. The average molecular weight is 1670 g/mol. The number of ether oxygens (including phenoxy) is 2. The molecular formula is C82H77BrCl2F4N6O8P2Pd. The van der Waals surface area contributed by atoms with Gasteiger partial charge < -0.3 is 29.5 Å². The third kappa shape index (κ3) is 20.3. The number of amides is 2. The van der Waals surface area contributed by atoms with Crippen molar-refractivity contribution in [3.8, 4) is 35.6 Å². The van der Waals surface area contributed by atoms with Gasteiger partial charge in [-0.15, -0.1) is 6.42 Å². The van der Waals surface area contributed by atoms with Crippen LogP contribution in [0.3, 0.4) is 0 Å². The first-order chi connectivity index (χ1) is 51.0. The molecule has 2 fully saturated rings. The maximum Gasteiger partial charge on any atom is -0.0134 e. The Bertz CT molecular complexity index is 4410. The summed E-state index contributed by atoms with van der Waals surface area (Å²) < 4.78 is 71.7. The van der Waals surface area contributed by atoms with Gasteiger partial charge in [-0.05, 0) is 124 Å². The number of fused-ring (bicyclic) bond motifs is 2. The van der Waals surface area contributed by atoms with Gasteiger partial charge in [0.25, 0.3) is 23.7 Å². The number of aromatic nitrogens is 4. The van der Waals surface area contributed by atoms with Gasteiger partial charge in [0.05, 0.1) is 47.1 Å². The summed E-state index contributed by atoms with van der Waals surface area (Å²) in [7, 11) is 12.0. The molecule has 0 saturated carbocycles. The molecule has 2 N–H and O–H groups in total. The van der Waals surface area contributed by atoms with Gasteiger partial charge in [-0.25, -0.2) is 36.5 Å². The van der Waals surface area contributed by atoms with Crippen LogP contribution in [-0.2, 0) is 59.7 Å². The van der Waals surface area contributed by atoms with Crippen molar-refractivity contribution in [2.45, 2.75) is 88.3 Å². The second kappa shape index (κ2) is 38.3. The molecule has 552 valence electrons. The number of benzene rings is 8. The minimum Gasteiger partial charge on any atom is -0.0622 e. The van der Waals surface area contributed by atoms with Crippen molar-refractivity contribution in [1.82, 2.24) is 29.4 Å². The van der Waals surface area contributed by atoms with Crippen LogP contribution in [0.5, 0.6) is 0 Å². The summed E-state index contributed by atoms with van der Waals surface area (Å²) in [6, 6.07) is 78.5.